The predicted molar refractivity (Wildman–Crippen MR) is 128 cm³/mol. The number of hydrogen-bond donors (Lipinski definition) is 1. The van der Waals surface area contributed by atoms with E-state index in [9.17, 15) is 10.1 Å². The summed E-state index contributed by atoms with van der Waals surface area (Å²) in [5, 5.41) is 12.5. The SMILES string of the molecule is COc1cc(C(=O)NC2C3COCC32)cnc1-c1cc2nccc(-c3ccc(C)c(C#N)c3)c2o1. The average molecular weight is 466 g/mol. The molecule has 4 heterocycles. The smallest absolute Gasteiger partial charge is 0.253 e. The first kappa shape index (κ1) is 21.3. The summed E-state index contributed by atoms with van der Waals surface area (Å²) in [6.07, 6.45) is 3.24. The van der Waals surface area contributed by atoms with Gasteiger partial charge in [0.1, 0.15) is 17.0 Å². The fraction of sp³-hybridized carbons (Fsp3) is 0.259. The molecule has 8 heteroatoms. The number of carbonyl (C=O) groups is 1. The largest absolute Gasteiger partial charge is 0.494 e. The molecule has 174 valence electrons. The van der Waals surface area contributed by atoms with Crippen molar-refractivity contribution < 1.29 is 18.7 Å². The summed E-state index contributed by atoms with van der Waals surface area (Å²) in [7, 11) is 1.53. The Labute approximate surface area is 201 Å². The van der Waals surface area contributed by atoms with Gasteiger partial charge in [-0.15, -0.1) is 0 Å². The molecular weight excluding hydrogens is 444 g/mol. The second-order valence-electron chi connectivity index (χ2n) is 8.96. The molecule has 35 heavy (non-hydrogen) atoms. The number of benzene rings is 1. The number of furan rings is 1. The van der Waals surface area contributed by atoms with Crippen molar-refractivity contribution in [2.75, 3.05) is 20.3 Å². The molecule has 1 aliphatic heterocycles. The van der Waals surface area contributed by atoms with Crippen molar-refractivity contribution in [1.82, 2.24) is 15.3 Å². The van der Waals surface area contributed by atoms with E-state index in [0.29, 0.717) is 64.5 Å². The van der Waals surface area contributed by atoms with Crippen LogP contribution in [-0.2, 0) is 4.74 Å². The van der Waals surface area contributed by atoms with Gasteiger partial charge in [0.2, 0.25) is 0 Å². The summed E-state index contributed by atoms with van der Waals surface area (Å²) in [5.74, 6) is 1.57. The molecule has 0 radical (unpaired) electrons. The normalized spacial score (nSPS) is 20.3. The van der Waals surface area contributed by atoms with Crippen LogP contribution < -0.4 is 10.1 Å². The molecule has 0 spiro atoms. The van der Waals surface area contributed by atoms with Crippen molar-refractivity contribution in [1.29, 1.82) is 5.26 Å². The quantitative estimate of drug-likeness (QED) is 0.471. The molecule has 2 fully saturated rings. The number of ether oxygens (including phenoxy) is 2. The zero-order valence-corrected chi connectivity index (χ0v) is 19.2. The number of amides is 1. The third-order valence-corrected chi connectivity index (χ3v) is 6.90. The maximum Gasteiger partial charge on any atom is 0.253 e. The zero-order chi connectivity index (χ0) is 24.1. The zero-order valence-electron chi connectivity index (χ0n) is 19.2. The maximum absolute atomic E-state index is 12.8. The molecule has 1 amide bonds. The number of nitriles is 1. The van der Waals surface area contributed by atoms with Crippen LogP contribution in [0.15, 0.2) is 53.2 Å². The molecule has 2 atom stereocenters. The molecule has 1 saturated heterocycles. The molecule has 0 bridgehead atoms. The third-order valence-electron chi connectivity index (χ3n) is 6.90. The van der Waals surface area contributed by atoms with E-state index >= 15 is 0 Å². The number of methoxy groups -OCH3 is 1. The highest BCUT2D eigenvalue weighted by molar-refractivity contribution is 5.96. The summed E-state index contributed by atoms with van der Waals surface area (Å²) in [5.41, 5.74) is 5.36. The van der Waals surface area contributed by atoms with Crippen LogP contribution in [0.3, 0.4) is 0 Å². The van der Waals surface area contributed by atoms with Crippen molar-refractivity contribution in [2.24, 2.45) is 11.8 Å². The predicted octanol–water partition coefficient (Wildman–Crippen LogP) is 4.12. The highest BCUT2D eigenvalue weighted by atomic mass is 16.5. The summed E-state index contributed by atoms with van der Waals surface area (Å²) < 4.78 is 17.2. The van der Waals surface area contributed by atoms with Gasteiger partial charge in [-0.1, -0.05) is 12.1 Å². The van der Waals surface area contributed by atoms with Gasteiger partial charge in [0, 0.05) is 41.9 Å². The van der Waals surface area contributed by atoms with E-state index in [1.807, 2.05) is 31.2 Å². The molecule has 4 aromatic rings. The van der Waals surface area contributed by atoms with Gasteiger partial charge in [-0.25, -0.2) is 4.98 Å². The van der Waals surface area contributed by atoms with E-state index in [2.05, 4.69) is 21.4 Å². The molecular formula is C27H22N4O4. The summed E-state index contributed by atoms with van der Waals surface area (Å²) >= 11 is 0. The van der Waals surface area contributed by atoms with E-state index in [1.54, 1.807) is 18.3 Å². The van der Waals surface area contributed by atoms with Crippen LogP contribution in [0.1, 0.15) is 21.5 Å². The number of pyridine rings is 2. The van der Waals surface area contributed by atoms with Gasteiger partial charge in [0.05, 0.1) is 37.5 Å². The van der Waals surface area contributed by atoms with Gasteiger partial charge in [-0.05, 0) is 36.2 Å². The Hall–Kier alpha value is -4.22. The number of aromatic nitrogens is 2. The van der Waals surface area contributed by atoms with Crippen molar-refractivity contribution in [3.63, 3.8) is 0 Å². The van der Waals surface area contributed by atoms with Gasteiger partial charge >= 0.3 is 0 Å². The number of nitrogens with one attached hydrogen (secondary N) is 1. The molecule has 1 aromatic carbocycles. The maximum atomic E-state index is 12.8. The van der Waals surface area contributed by atoms with Gasteiger partial charge < -0.3 is 19.2 Å². The number of nitrogens with zero attached hydrogens (tertiary/aromatic N) is 3. The van der Waals surface area contributed by atoms with E-state index in [-0.39, 0.29) is 11.9 Å². The number of aryl methyl sites for hydroxylation is 1. The first-order chi connectivity index (χ1) is 17.1. The molecule has 1 saturated carbocycles. The fourth-order valence-electron chi connectivity index (χ4n) is 4.79. The molecule has 2 aliphatic rings. The Morgan fingerprint density at radius 1 is 1.17 bits per heavy atom. The summed E-state index contributed by atoms with van der Waals surface area (Å²) in [6, 6.07) is 13.5. The third kappa shape index (κ3) is 3.61. The molecule has 1 N–H and O–H groups in total. The second-order valence-corrected chi connectivity index (χ2v) is 8.96. The van der Waals surface area contributed by atoms with Crippen LogP contribution in [0.25, 0.3) is 33.7 Å². The van der Waals surface area contributed by atoms with Gasteiger partial charge in [-0.3, -0.25) is 9.78 Å². The minimum atomic E-state index is -0.178. The van der Waals surface area contributed by atoms with E-state index in [4.69, 9.17) is 13.9 Å². The van der Waals surface area contributed by atoms with Crippen molar-refractivity contribution in [2.45, 2.75) is 13.0 Å². The van der Waals surface area contributed by atoms with Crippen molar-refractivity contribution in [3.05, 3.63) is 65.5 Å². The lowest BCUT2D eigenvalue weighted by Gasteiger charge is -2.10. The lowest BCUT2D eigenvalue weighted by Crippen LogP contribution is -2.30. The number of fused-ring (bicyclic) bond motifs is 2. The van der Waals surface area contributed by atoms with Crippen molar-refractivity contribution in [3.8, 4) is 34.4 Å². The van der Waals surface area contributed by atoms with E-state index < -0.39 is 0 Å². The Morgan fingerprint density at radius 3 is 2.77 bits per heavy atom. The molecule has 2 unspecified atom stereocenters. The van der Waals surface area contributed by atoms with Crippen LogP contribution >= 0.6 is 0 Å². The lowest BCUT2D eigenvalue weighted by molar-refractivity contribution is 0.0928. The minimum absolute atomic E-state index is 0.171. The second kappa shape index (κ2) is 8.22. The van der Waals surface area contributed by atoms with Gasteiger partial charge in [0.25, 0.3) is 5.91 Å². The highest BCUT2D eigenvalue weighted by Gasteiger charge is 2.54. The Balaban J connectivity index is 1.33. The minimum Gasteiger partial charge on any atom is -0.494 e. The Kier molecular flexibility index (Phi) is 5.01. The Bertz CT molecular complexity index is 1510. The number of carbonyl (C=O) groups excluding carboxylic acids is 1. The van der Waals surface area contributed by atoms with E-state index in [0.717, 1.165) is 16.7 Å². The highest BCUT2D eigenvalue weighted by Crippen LogP contribution is 2.44. The van der Waals surface area contributed by atoms with Crippen LogP contribution in [0, 0.1) is 30.1 Å². The van der Waals surface area contributed by atoms with Crippen molar-refractivity contribution >= 4 is 17.0 Å². The summed E-state index contributed by atoms with van der Waals surface area (Å²) in [4.78, 5) is 21.7. The monoisotopic (exact) mass is 466 g/mol. The van der Waals surface area contributed by atoms with E-state index in [1.165, 1.54) is 13.3 Å². The number of hydrogen-bond acceptors (Lipinski definition) is 7. The molecule has 8 nitrogen and oxygen atoms in total. The number of rotatable bonds is 5. The van der Waals surface area contributed by atoms with Gasteiger partial charge in [0.15, 0.2) is 11.3 Å². The molecule has 6 rings (SSSR count). The topological polar surface area (TPSA) is 110 Å². The molecule has 1 aliphatic carbocycles. The summed E-state index contributed by atoms with van der Waals surface area (Å²) in [6.45, 7) is 3.32. The fourth-order valence-corrected chi connectivity index (χ4v) is 4.79. The van der Waals surface area contributed by atoms with Crippen LogP contribution in [-0.4, -0.2) is 42.2 Å². The first-order valence-electron chi connectivity index (χ1n) is 11.4. The van der Waals surface area contributed by atoms with Crippen LogP contribution in [0.5, 0.6) is 5.75 Å². The Morgan fingerprint density at radius 2 is 2.00 bits per heavy atom. The van der Waals surface area contributed by atoms with Crippen LogP contribution in [0.2, 0.25) is 0 Å². The average Bonchev–Trinajstić information content (AvgIpc) is 3.24. The first-order valence-corrected chi connectivity index (χ1v) is 11.4. The van der Waals surface area contributed by atoms with Gasteiger partial charge in [-0.2, -0.15) is 5.26 Å². The standard InChI is InChI=1S/C27H22N4O4/c1-14-3-4-15(7-16(14)10-28)18-5-6-29-21-9-23(35-26(18)21)25-22(33-2)8-17(11-30-25)27(32)31-24-19-12-34-13-20(19)24/h3-9,11,19-20,24H,12-13H2,1-2H3,(H,31,32). The van der Waals surface area contributed by atoms with Crippen LogP contribution in [0.4, 0.5) is 0 Å². The molecule has 3 aromatic heterocycles. The lowest BCUT2D eigenvalue weighted by atomic mass is 10.0.